The van der Waals surface area contributed by atoms with Crippen molar-refractivity contribution in [1.29, 1.82) is 0 Å². The minimum atomic E-state index is 0.590. The van der Waals surface area contributed by atoms with Crippen molar-refractivity contribution >= 4 is 57.7 Å². The van der Waals surface area contributed by atoms with Crippen LogP contribution in [0.5, 0.6) is 0 Å². The van der Waals surface area contributed by atoms with E-state index in [2.05, 4.69) is 27.6 Å². The molecule has 0 spiro atoms. The second-order valence-electron chi connectivity index (χ2n) is 3.41. The van der Waals surface area contributed by atoms with E-state index in [4.69, 9.17) is 23.2 Å². The summed E-state index contributed by atoms with van der Waals surface area (Å²) in [5.74, 6) is 0. The van der Waals surface area contributed by atoms with Crippen LogP contribution in [0.3, 0.4) is 0 Å². The maximum Gasteiger partial charge on any atom is 0.0659 e. The zero-order chi connectivity index (χ0) is 12.3. The standard InChI is InChI=1S/C13H8Cl2IN/c14-10-5-11(15)7-12(6-10)17-8-9-3-1-2-4-13(9)16/h1-8H. The van der Waals surface area contributed by atoms with Crippen molar-refractivity contribution in [2.75, 3.05) is 0 Å². The average molecular weight is 376 g/mol. The van der Waals surface area contributed by atoms with Crippen LogP contribution in [0.1, 0.15) is 5.56 Å². The Balaban J connectivity index is 2.29. The highest BCUT2D eigenvalue weighted by molar-refractivity contribution is 14.1. The molecule has 0 heterocycles. The largest absolute Gasteiger partial charge is 0.256 e. The molecule has 86 valence electrons. The van der Waals surface area contributed by atoms with Gasteiger partial charge in [0.05, 0.1) is 5.69 Å². The lowest BCUT2D eigenvalue weighted by molar-refractivity contribution is 1.51. The predicted octanol–water partition coefficient (Wildman–Crippen LogP) is 5.35. The average Bonchev–Trinajstić information content (AvgIpc) is 2.27. The van der Waals surface area contributed by atoms with Crippen molar-refractivity contribution < 1.29 is 0 Å². The predicted molar refractivity (Wildman–Crippen MR) is 82.9 cm³/mol. The Morgan fingerprint density at radius 1 is 1.00 bits per heavy atom. The molecule has 2 aromatic carbocycles. The Hall–Kier alpha value is -0.580. The van der Waals surface area contributed by atoms with Crippen LogP contribution in [0.4, 0.5) is 5.69 Å². The number of benzene rings is 2. The normalized spacial score (nSPS) is 11.0. The van der Waals surface area contributed by atoms with Crippen molar-refractivity contribution in [3.8, 4) is 0 Å². The zero-order valence-corrected chi connectivity index (χ0v) is 12.4. The highest BCUT2D eigenvalue weighted by Crippen LogP contribution is 2.24. The summed E-state index contributed by atoms with van der Waals surface area (Å²) in [6.45, 7) is 0. The van der Waals surface area contributed by atoms with Crippen molar-refractivity contribution in [1.82, 2.24) is 0 Å². The lowest BCUT2D eigenvalue weighted by Gasteiger charge is -1.98. The quantitative estimate of drug-likeness (QED) is 0.495. The molecule has 0 saturated carbocycles. The second kappa shape index (κ2) is 5.85. The third-order valence-electron chi connectivity index (χ3n) is 2.11. The van der Waals surface area contributed by atoms with E-state index in [0.29, 0.717) is 10.0 Å². The van der Waals surface area contributed by atoms with Crippen LogP contribution in [-0.2, 0) is 0 Å². The maximum atomic E-state index is 5.90. The van der Waals surface area contributed by atoms with Gasteiger partial charge in [0.25, 0.3) is 0 Å². The molecule has 0 aliphatic rings. The third-order valence-corrected chi connectivity index (χ3v) is 3.52. The summed E-state index contributed by atoms with van der Waals surface area (Å²) in [5, 5.41) is 1.18. The first-order valence-corrected chi connectivity index (χ1v) is 6.73. The van der Waals surface area contributed by atoms with Crippen LogP contribution in [0.15, 0.2) is 47.5 Å². The molecule has 0 radical (unpaired) electrons. The number of rotatable bonds is 2. The second-order valence-corrected chi connectivity index (χ2v) is 5.44. The molecule has 0 saturated heterocycles. The fourth-order valence-electron chi connectivity index (χ4n) is 1.34. The number of hydrogen-bond acceptors (Lipinski definition) is 1. The fraction of sp³-hybridized carbons (Fsp3) is 0. The van der Waals surface area contributed by atoms with E-state index >= 15 is 0 Å². The molecule has 0 amide bonds. The summed E-state index contributed by atoms with van der Waals surface area (Å²) in [5.41, 5.74) is 1.83. The van der Waals surface area contributed by atoms with Gasteiger partial charge in [0.1, 0.15) is 0 Å². The molecule has 0 bridgehead atoms. The maximum absolute atomic E-state index is 5.90. The van der Waals surface area contributed by atoms with Crippen LogP contribution in [0, 0.1) is 3.57 Å². The van der Waals surface area contributed by atoms with Crippen molar-refractivity contribution in [3.05, 3.63) is 61.6 Å². The molecule has 0 N–H and O–H groups in total. The van der Waals surface area contributed by atoms with Gasteiger partial charge >= 0.3 is 0 Å². The van der Waals surface area contributed by atoms with Crippen LogP contribution in [0.25, 0.3) is 0 Å². The highest BCUT2D eigenvalue weighted by atomic mass is 127. The van der Waals surface area contributed by atoms with E-state index in [1.54, 1.807) is 18.2 Å². The van der Waals surface area contributed by atoms with Gasteiger partial charge in [-0.05, 0) is 46.9 Å². The molecular formula is C13H8Cl2IN. The molecule has 0 aliphatic heterocycles. The Bertz CT molecular complexity index is 547. The minimum Gasteiger partial charge on any atom is -0.256 e. The zero-order valence-electron chi connectivity index (χ0n) is 8.70. The summed E-state index contributed by atoms with van der Waals surface area (Å²) in [4.78, 5) is 4.36. The van der Waals surface area contributed by atoms with Gasteiger partial charge in [-0.2, -0.15) is 0 Å². The molecule has 4 heteroatoms. The Kier molecular flexibility index (Phi) is 4.42. The van der Waals surface area contributed by atoms with Gasteiger partial charge in [0.15, 0.2) is 0 Å². The lowest BCUT2D eigenvalue weighted by Crippen LogP contribution is -1.84. The number of halogens is 3. The summed E-state index contributed by atoms with van der Waals surface area (Å²) < 4.78 is 1.15. The van der Waals surface area contributed by atoms with Gasteiger partial charge < -0.3 is 0 Å². The number of hydrogen-bond donors (Lipinski definition) is 0. The monoisotopic (exact) mass is 375 g/mol. The number of aliphatic imine (C=N–C) groups is 1. The van der Waals surface area contributed by atoms with E-state index in [1.165, 1.54) is 0 Å². The lowest BCUT2D eigenvalue weighted by atomic mass is 10.2. The molecule has 2 rings (SSSR count). The van der Waals surface area contributed by atoms with Crippen molar-refractivity contribution in [2.24, 2.45) is 4.99 Å². The Morgan fingerprint density at radius 2 is 1.65 bits per heavy atom. The molecule has 2 aromatic rings. The third kappa shape index (κ3) is 3.69. The minimum absolute atomic E-state index is 0.590. The van der Waals surface area contributed by atoms with Crippen molar-refractivity contribution in [3.63, 3.8) is 0 Å². The van der Waals surface area contributed by atoms with Gasteiger partial charge in [-0.3, -0.25) is 4.99 Å². The summed E-state index contributed by atoms with van der Waals surface area (Å²) in [6, 6.07) is 13.3. The highest BCUT2D eigenvalue weighted by Gasteiger charge is 1.97. The molecule has 0 aromatic heterocycles. The van der Waals surface area contributed by atoms with Crippen LogP contribution in [0.2, 0.25) is 10.0 Å². The molecular weight excluding hydrogens is 368 g/mol. The van der Waals surface area contributed by atoms with E-state index in [9.17, 15) is 0 Å². The summed E-state index contributed by atoms with van der Waals surface area (Å²) in [6.07, 6.45) is 1.81. The molecule has 0 atom stereocenters. The Morgan fingerprint density at radius 3 is 2.29 bits per heavy atom. The van der Waals surface area contributed by atoms with E-state index < -0.39 is 0 Å². The molecule has 1 nitrogen and oxygen atoms in total. The van der Waals surface area contributed by atoms with E-state index in [1.807, 2.05) is 30.5 Å². The first-order valence-electron chi connectivity index (χ1n) is 4.90. The van der Waals surface area contributed by atoms with Gasteiger partial charge in [-0.1, -0.05) is 41.4 Å². The summed E-state index contributed by atoms with van der Waals surface area (Å²) in [7, 11) is 0. The van der Waals surface area contributed by atoms with Gasteiger partial charge in [0, 0.05) is 25.4 Å². The summed E-state index contributed by atoms with van der Waals surface area (Å²) >= 11 is 14.1. The Labute approximate surface area is 124 Å². The van der Waals surface area contributed by atoms with Crippen molar-refractivity contribution in [2.45, 2.75) is 0 Å². The van der Waals surface area contributed by atoms with Crippen LogP contribution < -0.4 is 0 Å². The van der Waals surface area contributed by atoms with Gasteiger partial charge in [-0.15, -0.1) is 0 Å². The first kappa shape index (κ1) is 12.9. The molecule has 17 heavy (non-hydrogen) atoms. The van der Waals surface area contributed by atoms with Gasteiger partial charge in [0.2, 0.25) is 0 Å². The van der Waals surface area contributed by atoms with Gasteiger partial charge in [-0.25, -0.2) is 0 Å². The SMILES string of the molecule is Clc1cc(Cl)cc(N=Cc2ccccc2I)c1. The molecule has 0 aliphatic carbocycles. The number of nitrogens with zero attached hydrogens (tertiary/aromatic N) is 1. The van der Waals surface area contributed by atoms with Crippen LogP contribution >= 0.6 is 45.8 Å². The fourth-order valence-corrected chi connectivity index (χ4v) is 2.38. The molecule has 0 fully saturated rings. The van der Waals surface area contributed by atoms with E-state index in [0.717, 1.165) is 14.8 Å². The van der Waals surface area contributed by atoms with E-state index in [-0.39, 0.29) is 0 Å². The molecule has 0 unspecified atom stereocenters. The smallest absolute Gasteiger partial charge is 0.0659 e. The van der Waals surface area contributed by atoms with Crippen LogP contribution in [-0.4, -0.2) is 6.21 Å². The topological polar surface area (TPSA) is 12.4 Å². The first-order chi connectivity index (χ1) is 8.15.